The molecule has 0 aliphatic carbocycles. The zero-order chi connectivity index (χ0) is 18.7. The van der Waals surface area contributed by atoms with Crippen molar-refractivity contribution in [3.05, 3.63) is 59.4 Å². The minimum Gasteiger partial charge on any atom is -0.497 e. The summed E-state index contributed by atoms with van der Waals surface area (Å²) in [5.41, 5.74) is 5.32. The number of fused-ring (bicyclic) bond motifs is 1. The van der Waals surface area contributed by atoms with Crippen LogP contribution in [-0.2, 0) is 0 Å². The van der Waals surface area contributed by atoms with Crippen molar-refractivity contribution in [2.45, 2.75) is 13.8 Å². The fourth-order valence-electron chi connectivity index (χ4n) is 2.73. The van der Waals surface area contributed by atoms with Gasteiger partial charge < -0.3 is 13.9 Å². The molecular weight excluding hydrogens is 332 g/mol. The van der Waals surface area contributed by atoms with Crippen molar-refractivity contribution >= 4 is 22.6 Å². The monoisotopic (exact) mass is 352 g/mol. The van der Waals surface area contributed by atoms with Crippen molar-refractivity contribution < 1.29 is 18.7 Å². The molecule has 3 aromatic rings. The average molecular weight is 352 g/mol. The first-order valence-corrected chi connectivity index (χ1v) is 8.10. The van der Waals surface area contributed by atoms with E-state index < -0.39 is 5.91 Å². The first-order chi connectivity index (χ1) is 12.5. The summed E-state index contributed by atoms with van der Waals surface area (Å²) in [5, 5.41) is 5.10. The van der Waals surface area contributed by atoms with Gasteiger partial charge in [0.1, 0.15) is 17.1 Å². The maximum Gasteiger partial charge on any atom is 0.307 e. The van der Waals surface area contributed by atoms with Crippen molar-refractivity contribution in [2.24, 2.45) is 5.10 Å². The summed E-state index contributed by atoms with van der Waals surface area (Å²) in [6.45, 7) is 3.63. The second-order valence-electron chi connectivity index (χ2n) is 5.76. The molecule has 0 bridgehead atoms. The van der Waals surface area contributed by atoms with Crippen LogP contribution in [0.15, 0.2) is 52.0 Å². The number of hydrazone groups is 1. The number of hydrogen-bond donors (Lipinski definition) is 1. The van der Waals surface area contributed by atoms with E-state index >= 15 is 0 Å². The molecule has 0 aliphatic heterocycles. The quantitative estimate of drug-likeness (QED) is 0.558. The largest absolute Gasteiger partial charge is 0.497 e. The molecule has 3 rings (SSSR count). The van der Waals surface area contributed by atoms with Crippen LogP contribution in [0.5, 0.6) is 11.5 Å². The van der Waals surface area contributed by atoms with Crippen LogP contribution in [-0.4, -0.2) is 25.8 Å². The molecule has 0 aliphatic rings. The number of ether oxygens (including phenoxy) is 2. The van der Waals surface area contributed by atoms with Crippen LogP contribution in [0, 0.1) is 6.92 Å². The molecule has 1 amide bonds. The third-order valence-corrected chi connectivity index (χ3v) is 4.17. The van der Waals surface area contributed by atoms with Crippen molar-refractivity contribution in [1.82, 2.24) is 5.43 Å². The van der Waals surface area contributed by atoms with Crippen LogP contribution >= 0.6 is 0 Å². The van der Waals surface area contributed by atoms with Crippen molar-refractivity contribution in [1.29, 1.82) is 0 Å². The topological polar surface area (TPSA) is 73.1 Å². The van der Waals surface area contributed by atoms with E-state index in [2.05, 4.69) is 10.5 Å². The maximum absolute atomic E-state index is 12.5. The Balaban J connectivity index is 1.86. The Bertz CT molecular complexity index is 989. The molecule has 0 unspecified atom stereocenters. The Morgan fingerprint density at radius 3 is 2.58 bits per heavy atom. The number of carbonyl (C=O) groups excluding carboxylic acids is 1. The SMILES string of the molecule is COc1ccc(OC)c(/C(C)=N\NC(=O)c2oc3ccccc3c2C)c1. The molecule has 0 saturated heterocycles. The van der Waals surface area contributed by atoms with Crippen molar-refractivity contribution in [3.63, 3.8) is 0 Å². The van der Waals surface area contributed by atoms with E-state index in [1.165, 1.54) is 0 Å². The third kappa shape index (κ3) is 3.26. The van der Waals surface area contributed by atoms with E-state index in [4.69, 9.17) is 13.9 Å². The number of nitrogens with one attached hydrogen (secondary N) is 1. The van der Waals surface area contributed by atoms with Crippen LogP contribution < -0.4 is 14.9 Å². The van der Waals surface area contributed by atoms with Gasteiger partial charge in [0.25, 0.3) is 0 Å². The highest BCUT2D eigenvalue weighted by molar-refractivity contribution is 6.03. The van der Waals surface area contributed by atoms with Gasteiger partial charge in [0.15, 0.2) is 5.76 Å². The van der Waals surface area contributed by atoms with Crippen molar-refractivity contribution in [3.8, 4) is 11.5 Å². The van der Waals surface area contributed by atoms with E-state index in [0.29, 0.717) is 22.8 Å². The highest BCUT2D eigenvalue weighted by atomic mass is 16.5. The predicted octanol–water partition coefficient (Wildman–Crippen LogP) is 3.91. The second kappa shape index (κ2) is 7.31. The summed E-state index contributed by atoms with van der Waals surface area (Å²) in [6, 6.07) is 12.9. The first-order valence-electron chi connectivity index (χ1n) is 8.10. The van der Waals surface area contributed by atoms with Gasteiger partial charge in [0.2, 0.25) is 0 Å². The van der Waals surface area contributed by atoms with E-state index in [9.17, 15) is 4.79 Å². The van der Waals surface area contributed by atoms with Crippen LogP contribution in [0.4, 0.5) is 0 Å². The summed E-state index contributed by atoms with van der Waals surface area (Å²) < 4.78 is 16.2. The van der Waals surface area contributed by atoms with Gasteiger partial charge in [-0.3, -0.25) is 4.79 Å². The molecule has 0 saturated carbocycles. The normalized spacial score (nSPS) is 11.5. The second-order valence-corrected chi connectivity index (χ2v) is 5.76. The lowest BCUT2D eigenvalue weighted by Gasteiger charge is -2.10. The molecule has 0 radical (unpaired) electrons. The van der Waals surface area contributed by atoms with Crippen LogP contribution in [0.25, 0.3) is 11.0 Å². The lowest BCUT2D eigenvalue weighted by Crippen LogP contribution is -2.19. The predicted molar refractivity (Wildman–Crippen MR) is 100 cm³/mol. The van der Waals surface area contributed by atoms with Crippen LogP contribution in [0.2, 0.25) is 0 Å². The number of furan rings is 1. The van der Waals surface area contributed by atoms with Crippen molar-refractivity contribution in [2.75, 3.05) is 14.2 Å². The number of benzene rings is 2. The Morgan fingerprint density at radius 2 is 1.88 bits per heavy atom. The average Bonchev–Trinajstić information content (AvgIpc) is 3.02. The summed E-state index contributed by atoms with van der Waals surface area (Å²) in [6.07, 6.45) is 0. The zero-order valence-corrected chi connectivity index (χ0v) is 15.1. The molecular formula is C20H20N2O4. The number of aryl methyl sites for hydroxylation is 1. The zero-order valence-electron chi connectivity index (χ0n) is 15.1. The van der Waals surface area contributed by atoms with Gasteiger partial charge in [0, 0.05) is 16.5 Å². The lowest BCUT2D eigenvalue weighted by atomic mass is 10.1. The molecule has 0 fully saturated rings. The minimum absolute atomic E-state index is 0.250. The van der Waals surface area contributed by atoms with Gasteiger partial charge >= 0.3 is 5.91 Å². The molecule has 0 spiro atoms. The molecule has 6 nitrogen and oxygen atoms in total. The third-order valence-electron chi connectivity index (χ3n) is 4.17. The molecule has 1 N–H and O–H groups in total. The van der Waals surface area contributed by atoms with Crippen LogP contribution in [0.3, 0.4) is 0 Å². The number of rotatable bonds is 5. The van der Waals surface area contributed by atoms with Gasteiger partial charge in [0.05, 0.1) is 19.9 Å². The lowest BCUT2D eigenvalue weighted by molar-refractivity contribution is 0.0928. The van der Waals surface area contributed by atoms with Gasteiger partial charge in [-0.1, -0.05) is 18.2 Å². The number of amides is 1. The molecule has 6 heteroatoms. The summed E-state index contributed by atoms with van der Waals surface area (Å²) >= 11 is 0. The number of carbonyl (C=O) groups is 1. The highest BCUT2D eigenvalue weighted by Crippen LogP contribution is 2.26. The van der Waals surface area contributed by atoms with E-state index in [0.717, 1.165) is 16.5 Å². The minimum atomic E-state index is -0.403. The number of methoxy groups -OCH3 is 2. The standard InChI is InChI=1S/C20H20N2O4/c1-12-15-7-5-6-8-18(15)26-19(12)20(23)22-21-13(2)16-11-14(24-3)9-10-17(16)25-4/h5-11H,1-4H3,(H,22,23)/b21-13-. The summed E-state index contributed by atoms with van der Waals surface area (Å²) in [7, 11) is 3.17. The Labute approximate surface area is 151 Å². The summed E-state index contributed by atoms with van der Waals surface area (Å²) in [4.78, 5) is 12.5. The first kappa shape index (κ1) is 17.5. The molecule has 134 valence electrons. The van der Waals surface area contributed by atoms with E-state index in [1.807, 2.05) is 31.2 Å². The number of hydrogen-bond acceptors (Lipinski definition) is 5. The molecule has 1 heterocycles. The summed E-state index contributed by atoms with van der Waals surface area (Å²) in [5.74, 6) is 1.16. The van der Waals surface area contributed by atoms with E-state index in [-0.39, 0.29) is 5.76 Å². The smallest absolute Gasteiger partial charge is 0.307 e. The van der Waals surface area contributed by atoms with E-state index in [1.54, 1.807) is 39.3 Å². The van der Waals surface area contributed by atoms with Gasteiger partial charge in [-0.05, 0) is 38.1 Å². The number of nitrogens with zero attached hydrogens (tertiary/aromatic N) is 1. The molecule has 2 aromatic carbocycles. The number of para-hydroxylation sites is 1. The van der Waals surface area contributed by atoms with Gasteiger partial charge in [-0.15, -0.1) is 0 Å². The maximum atomic E-state index is 12.5. The Hall–Kier alpha value is -3.28. The fourth-order valence-corrected chi connectivity index (χ4v) is 2.73. The van der Waals surface area contributed by atoms with Gasteiger partial charge in [-0.2, -0.15) is 5.10 Å². The molecule has 26 heavy (non-hydrogen) atoms. The highest BCUT2D eigenvalue weighted by Gasteiger charge is 2.17. The van der Waals surface area contributed by atoms with Gasteiger partial charge in [-0.25, -0.2) is 5.43 Å². The Kier molecular flexibility index (Phi) is 4.93. The fraction of sp³-hybridized carbons (Fsp3) is 0.200. The van der Waals surface area contributed by atoms with Crippen LogP contribution in [0.1, 0.15) is 28.6 Å². The Morgan fingerprint density at radius 1 is 1.12 bits per heavy atom. The molecule has 0 atom stereocenters. The molecule has 1 aromatic heterocycles.